The molecule has 2 fully saturated rings. The molecule has 4 heteroatoms. The van der Waals surface area contributed by atoms with Crippen molar-refractivity contribution >= 4 is 6.03 Å². The highest BCUT2D eigenvalue weighted by atomic mass is 16.2. The Labute approximate surface area is 123 Å². The van der Waals surface area contributed by atoms with Crippen molar-refractivity contribution in [3.05, 3.63) is 0 Å². The summed E-state index contributed by atoms with van der Waals surface area (Å²) in [5.41, 5.74) is 5.86. The summed E-state index contributed by atoms with van der Waals surface area (Å²) in [6.07, 6.45) is 10.5. The van der Waals surface area contributed by atoms with Crippen molar-refractivity contribution in [2.75, 3.05) is 19.6 Å². The van der Waals surface area contributed by atoms with E-state index in [2.05, 4.69) is 12.2 Å². The maximum Gasteiger partial charge on any atom is 0.317 e. The largest absolute Gasteiger partial charge is 0.331 e. The summed E-state index contributed by atoms with van der Waals surface area (Å²) < 4.78 is 0. The predicted octanol–water partition coefficient (Wildman–Crippen LogP) is 2.87. The molecule has 2 amide bonds. The first kappa shape index (κ1) is 15.6. The number of rotatable bonds is 3. The van der Waals surface area contributed by atoms with Crippen LogP contribution in [-0.4, -0.2) is 36.1 Å². The zero-order valence-electron chi connectivity index (χ0n) is 13.0. The molecule has 1 aliphatic heterocycles. The molecule has 0 spiro atoms. The fraction of sp³-hybridized carbons (Fsp3) is 0.938. The number of nitrogens with two attached hydrogens (primary N) is 1. The van der Waals surface area contributed by atoms with Gasteiger partial charge in [0.2, 0.25) is 0 Å². The molecular weight excluding hydrogens is 250 g/mol. The van der Waals surface area contributed by atoms with Crippen LogP contribution in [0.15, 0.2) is 0 Å². The highest BCUT2D eigenvalue weighted by Crippen LogP contribution is 2.33. The number of urea groups is 1. The molecular formula is C16H31N3O. The van der Waals surface area contributed by atoms with Crippen LogP contribution in [-0.2, 0) is 0 Å². The maximum atomic E-state index is 12.5. The average molecular weight is 281 g/mol. The molecule has 1 heterocycles. The zero-order valence-corrected chi connectivity index (χ0v) is 13.0. The standard InChI is InChI=1S/C16H31N3O/c1-2-14-7-9-16(13-17,10-8-14)18-15(20)19-11-5-3-4-6-12-19/h14H,2-13,17H2,1H3,(H,18,20). The van der Waals surface area contributed by atoms with Crippen LogP contribution in [0.25, 0.3) is 0 Å². The summed E-state index contributed by atoms with van der Waals surface area (Å²) in [4.78, 5) is 14.5. The molecule has 0 aromatic rings. The van der Waals surface area contributed by atoms with Crippen molar-refractivity contribution in [2.24, 2.45) is 11.7 Å². The van der Waals surface area contributed by atoms with Gasteiger partial charge in [0.1, 0.15) is 0 Å². The molecule has 0 bridgehead atoms. The van der Waals surface area contributed by atoms with E-state index in [1.807, 2.05) is 4.90 Å². The van der Waals surface area contributed by atoms with Crippen LogP contribution in [0, 0.1) is 5.92 Å². The molecule has 2 aliphatic rings. The molecule has 116 valence electrons. The summed E-state index contributed by atoms with van der Waals surface area (Å²) in [6, 6.07) is 0.118. The van der Waals surface area contributed by atoms with Gasteiger partial charge in [-0.3, -0.25) is 0 Å². The Balaban J connectivity index is 1.90. The Hall–Kier alpha value is -0.770. The second-order valence-corrected chi connectivity index (χ2v) is 6.67. The third-order valence-electron chi connectivity index (χ3n) is 5.30. The van der Waals surface area contributed by atoms with E-state index in [0.29, 0.717) is 6.54 Å². The average Bonchev–Trinajstić information content (AvgIpc) is 2.77. The minimum atomic E-state index is -0.144. The molecule has 1 saturated carbocycles. The van der Waals surface area contributed by atoms with Crippen LogP contribution in [0.1, 0.15) is 64.7 Å². The number of hydrogen-bond donors (Lipinski definition) is 2. The van der Waals surface area contributed by atoms with Gasteiger partial charge in [-0.2, -0.15) is 0 Å². The quantitative estimate of drug-likeness (QED) is 0.835. The zero-order chi connectivity index (χ0) is 14.4. The number of likely N-dealkylation sites (tertiary alicyclic amines) is 1. The molecule has 20 heavy (non-hydrogen) atoms. The van der Waals surface area contributed by atoms with Gasteiger partial charge >= 0.3 is 6.03 Å². The van der Waals surface area contributed by atoms with Gasteiger partial charge < -0.3 is 16.0 Å². The Morgan fingerprint density at radius 2 is 1.80 bits per heavy atom. The molecule has 2 rings (SSSR count). The smallest absolute Gasteiger partial charge is 0.317 e. The second kappa shape index (κ2) is 7.30. The monoisotopic (exact) mass is 281 g/mol. The van der Waals surface area contributed by atoms with Crippen LogP contribution in [0.4, 0.5) is 4.79 Å². The van der Waals surface area contributed by atoms with Crippen molar-refractivity contribution in [2.45, 2.75) is 70.3 Å². The molecule has 0 atom stereocenters. The number of nitrogens with zero attached hydrogens (tertiary/aromatic N) is 1. The third kappa shape index (κ3) is 3.87. The van der Waals surface area contributed by atoms with Crippen molar-refractivity contribution < 1.29 is 4.79 Å². The first-order chi connectivity index (χ1) is 9.69. The summed E-state index contributed by atoms with van der Waals surface area (Å²) in [5, 5.41) is 3.29. The van der Waals surface area contributed by atoms with E-state index in [0.717, 1.165) is 44.7 Å². The summed E-state index contributed by atoms with van der Waals surface area (Å²) in [7, 11) is 0. The molecule has 4 nitrogen and oxygen atoms in total. The van der Waals surface area contributed by atoms with Gasteiger partial charge in [-0.25, -0.2) is 4.79 Å². The van der Waals surface area contributed by atoms with Gasteiger partial charge in [0.25, 0.3) is 0 Å². The molecule has 0 aromatic heterocycles. The third-order valence-corrected chi connectivity index (χ3v) is 5.30. The summed E-state index contributed by atoms with van der Waals surface area (Å²) in [6.45, 7) is 4.65. The van der Waals surface area contributed by atoms with Crippen LogP contribution < -0.4 is 11.1 Å². The topological polar surface area (TPSA) is 58.4 Å². The minimum Gasteiger partial charge on any atom is -0.331 e. The van der Waals surface area contributed by atoms with E-state index >= 15 is 0 Å². The van der Waals surface area contributed by atoms with Gasteiger partial charge in [0.15, 0.2) is 0 Å². The lowest BCUT2D eigenvalue weighted by molar-refractivity contribution is 0.157. The Morgan fingerprint density at radius 3 is 2.30 bits per heavy atom. The highest BCUT2D eigenvalue weighted by Gasteiger charge is 2.36. The lowest BCUT2D eigenvalue weighted by atomic mass is 9.75. The SMILES string of the molecule is CCC1CCC(CN)(NC(=O)N2CCCCCC2)CC1. The number of amides is 2. The van der Waals surface area contributed by atoms with Gasteiger partial charge in [-0.05, 0) is 44.4 Å². The summed E-state index contributed by atoms with van der Waals surface area (Å²) >= 11 is 0. The van der Waals surface area contributed by atoms with Crippen LogP contribution in [0.5, 0.6) is 0 Å². The van der Waals surface area contributed by atoms with E-state index in [9.17, 15) is 4.79 Å². The maximum absolute atomic E-state index is 12.5. The van der Waals surface area contributed by atoms with E-state index < -0.39 is 0 Å². The molecule has 3 N–H and O–H groups in total. The van der Waals surface area contributed by atoms with E-state index in [4.69, 9.17) is 5.73 Å². The van der Waals surface area contributed by atoms with Crippen molar-refractivity contribution in [1.82, 2.24) is 10.2 Å². The van der Waals surface area contributed by atoms with Crippen molar-refractivity contribution in [3.63, 3.8) is 0 Å². The molecule has 1 saturated heterocycles. The number of carbonyl (C=O) groups is 1. The van der Waals surface area contributed by atoms with Crippen molar-refractivity contribution in [3.8, 4) is 0 Å². The van der Waals surface area contributed by atoms with Gasteiger partial charge in [0, 0.05) is 19.6 Å². The van der Waals surface area contributed by atoms with E-state index in [1.165, 1.54) is 32.1 Å². The number of hydrogen-bond acceptors (Lipinski definition) is 2. The lowest BCUT2D eigenvalue weighted by Crippen LogP contribution is -2.58. The normalized spacial score (nSPS) is 31.7. The molecule has 0 radical (unpaired) electrons. The number of nitrogens with one attached hydrogen (secondary N) is 1. The van der Waals surface area contributed by atoms with Crippen LogP contribution >= 0.6 is 0 Å². The highest BCUT2D eigenvalue weighted by molar-refractivity contribution is 5.75. The Morgan fingerprint density at radius 1 is 1.20 bits per heavy atom. The molecule has 0 aromatic carbocycles. The first-order valence-corrected chi connectivity index (χ1v) is 8.46. The second-order valence-electron chi connectivity index (χ2n) is 6.67. The van der Waals surface area contributed by atoms with Crippen LogP contribution in [0.2, 0.25) is 0 Å². The Bertz CT molecular complexity index is 303. The van der Waals surface area contributed by atoms with Crippen LogP contribution in [0.3, 0.4) is 0 Å². The minimum absolute atomic E-state index is 0.118. The first-order valence-electron chi connectivity index (χ1n) is 8.46. The summed E-state index contributed by atoms with van der Waals surface area (Å²) in [5.74, 6) is 0.824. The fourth-order valence-corrected chi connectivity index (χ4v) is 3.60. The van der Waals surface area contributed by atoms with Gasteiger partial charge in [-0.1, -0.05) is 26.2 Å². The fourth-order valence-electron chi connectivity index (χ4n) is 3.60. The van der Waals surface area contributed by atoms with Gasteiger partial charge in [0.05, 0.1) is 5.54 Å². The van der Waals surface area contributed by atoms with Gasteiger partial charge in [-0.15, -0.1) is 0 Å². The predicted molar refractivity (Wildman–Crippen MR) is 82.6 cm³/mol. The Kier molecular flexibility index (Phi) is 5.70. The van der Waals surface area contributed by atoms with E-state index in [-0.39, 0.29) is 11.6 Å². The van der Waals surface area contributed by atoms with E-state index in [1.54, 1.807) is 0 Å². The lowest BCUT2D eigenvalue weighted by Gasteiger charge is -2.41. The molecule has 1 aliphatic carbocycles. The number of carbonyl (C=O) groups excluding carboxylic acids is 1. The van der Waals surface area contributed by atoms with Crippen molar-refractivity contribution in [1.29, 1.82) is 0 Å². The molecule has 0 unspecified atom stereocenters.